The van der Waals surface area contributed by atoms with Crippen molar-refractivity contribution in [2.24, 2.45) is 10.9 Å². The van der Waals surface area contributed by atoms with Crippen LogP contribution in [0.25, 0.3) is 0 Å². The van der Waals surface area contributed by atoms with Crippen LogP contribution in [0.3, 0.4) is 0 Å². The average molecular weight is 517 g/mol. The molecule has 1 aromatic carbocycles. The van der Waals surface area contributed by atoms with Crippen LogP contribution in [-0.2, 0) is 6.54 Å². The SMILES string of the molecule is CN=C(NCc1csc(N(C)C)n1)NC(C)c1ccc(OCC(C)C)cc1.I. The molecule has 0 bridgehead atoms. The lowest BCUT2D eigenvalue weighted by Gasteiger charge is -2.18. The number of rotatable bonds is 8. The Balaban J connectivity index is 0.00000392. The quantitative estimate of drug-likeness (QED) is 0.311. The first-order chi connectivity index (χ1) is 12.9. The molecule has 1 heterocycles. The molecule has 0 saturated carbocycles. The standard InChI is InChI=1S/C20H31N5OS.HI/c1-14(2)12-26-18-9-7-16(8-10-18)15(3)23-19(21-4)22-11-17-13-27-20(24-17)25(5)6;/h7-10,13-15H,11-12H2,1-6H3,(H2,21,22,23);1H. The van der Waals surface area contributed by atoms with Crippen LogP contribution in [0.4, 0.5) is 5.13 Å². The number of ether oxygens (including phenoxy) is 1. The van der Waals surface area contributed by atoms with Crippen molar-refractivity contribution in [3.8, 4) is 5.75 Å². The van der Waals surface area contributed by atoms with E-state index < -0.39 is 0 Å². The molecule has 2 aromatic rings. The Bertz CT molecular complexity index is 730. The van der Waals surface area contributed by atoms with E-state index in [1.807, 2.05) is 31.1 Å². The largest absolute Gasteiger partial charge is 0.493 e. The topological polar surface area (TPSA) is 61.8 Å². The summed E-state index contributed by atoms with van der Waals surface area (Å²) >= 11 is 1.64. The maximum Gasteiger partial charge on any atom is 0.191 e. The number of aromatic nitrogens is 1. The van der Waals surface area contributed by atoms with Gasteiger partial charge in [-0.05, 0) is 30.5 Å². The van der Waals surface area contributed by atoms with Crippen molar-refractivity contribution in [2.75, 3.05) is 32.6 Å². The van der Waals surface area contributed by atoms with E-state index in [1.165, 1.54) is 5.56 Å². The molecule has 2 rings (SSSR count). The van der Waals surface area contributed by atoms with Crippen LogP contribution >= 0.6 is 35.3 Å². The molecule has 0 aliphatic carbocycles. The van der Waals surface area contributed by atoms with Crippen molar-refractivity contribution < 1.29 is 4.74 Å². The minimum Gasteiger partial charge on any atom is -0.493 e. The van der Waals surface area contributed by atoms with Crippen LogP contribution in [0.1, 0.15) is 38.1 Å². The molecule has 0 radical (unpaired) electrons. The van der Waals surface area contributed by atoms with E-state index in [-0.39, 0.29) is 30.0 Å². The summed E-state index contributed by atoms with van der Waals surface area (Å²) in [5.74, 6) is 2.18. The van der Waals surface area contributed by atoms with E-state index in [0.29, 0.717) is 12.5 Å². The Hall–Kier alpha value is -1.55. The molecular weight excluding hydrogens is 485 g/mol. The van der Waals surface area contributed by atoms with Gasteiger partial charge in [0.2, 0.25) is 0 Å². The zero-order valence-corrected chi connectivity index (χ0v) is 20.7. The maximum absolute atomic E-state index is 5.74. The number of benzene rings is 1. The van der Waals surface area contributed by atoms with Crippen molar-refractivity contribution in [1.82, 2.24) is 15.6 Å². The third-order valence-electron chi connectivity index (χ3n) is 3.90. The Labute approximate surface area is 189 Å². The van der Waals surface area contributed by atoms with Crippen molar-refractivity contribution in [1.29, 1.82) is 0 Å². The van der Waals surface area contributed by atoms with Gasteiger partial charge in [0.1, 0.15) is 5.75 Å². The number of anilines is 1. The van der Waals surface area contributed by atoms with E-state index in [4.69, 9.17) is 4.74 Å². The van der Waals surface area contributed by atoms with Crippen molar-refractivity contribution in [3.63, 3.8) is 0 Å². The van der Waals surface area contributed by atoms with E-state index in [0.717, 1.165) is 29.1 Å². The second kappa shape index (κ2) is 12.1. The highest BCUT2D eigenvalue weighted by Gasteiger charge is 2.09. The van der Waals surface area contributed by atoms with Gasteiger partial charge in [0.15, 0.2) is 11.1 Å². The highest BCUT2D eigenvalue weighted by atomic mass is 127. The lowest BCUT2D eigenvalue weighted by Crippen LogP contribution is -2.38. The molecule has 0 fully saturated rings. The third kappa shape index (κ3) is 7.83. The first kappa shape index (κ1) is 24.5. The second-order valence-electron chi connectivity index (χ2n) is 7.08. The summed E-state index contributed by atoms with van der Waals surface area (Å²) in [4.78, 5) is 10.9. The Kier molecular flexibility index (Phi) is 10.6. The van der Waals surface area contributed by atoms with Gasteiger partial charge in [-0.15, -0.1) is 35.3 Å². The number of hydrogen-bond acceptors (Lipinski definition) is 5. The van der Waals surface area contributed by atoms with E-state index >= 15 is 0 Å². The van der Waals surface area contributed by atoms with Crippen LogP contribution in [0.15, 0.2) is 34.6 Å². The van der Waals surface area contributed by atoms with E-state index in [9.17, 15) is 0 Å². The Morgan fingerprint density at radius 3 is 2.43 bits per heavy atom. The first-order valence-corrected chi connectivity index (χ1v) is 10.1. The first-order valence-electron chi connectivity index (χ1n) is 9.20. The molecule has 0 aliphatic rings. The summed E-state index contributed by atoms with van der Waals surface area (Å²) in [6, 6.07) is 8.34. The molecule has 0 spiro atoms. The summed E-state index contributed by atoms with van der Waals surface area (Å²) < 4.78 is 5.74. The van der Waals surface area contributed by atoms with Gasteiger partial charge in [0.25, 0.3) is 0 Å². The third-order valence-corrected chi connectivity index (χ3v) is 4.96. The van der Waals surface area contributed by atoms with Crippen molar-refractivity contribution in [2.45, 2.75) is 33.4 Å². The summed E-state index contributed by atoms with van der Waals surface area (Å²) in [6.07, 6.45) is 0. The average Bonchev–Trinajstić information content (AvgIpc) is 3.13. The predicted octanol–water partition coefficient (Wildman–Crippen LogP) is 4.29. The highest BCUT2D eigenvalue weighted by Crippen LogP contribution is 2.19. The number of thiazole rings is 1. The normalized spacial score (nSPS) is 12.3. The number of nitrogens with one attached hydrogen (secondary N) is 2. The Morgan fingerprint density at radius 2 is 1.89 bits per heavy atom. The minimum absolute atomic E-state index is 0. The molecule has 8 heteroatoms. The van der Waals surface area contributed by atoms with Crippen molar-refractivity contribution in [3.05, 3.63) is 40.9 Å². The zero-order chi connectivity index (χ0) is 19.8. The molecule has 0 saturated heterocycles. The van der Waals surface area contributed by atoms with Gasteiger partial charge in [-0.3, -0.25) is 4.99 Å². The number of hydrogen-bond donors (Lipinski definition) is 2. The van der Waals surface area contributed by atoms with Gasteiger partial charge in [-0.1, -0.05) is 26.0 Å². The number of halogens is 1. The molecule has 28 heavy (non-hydrogen) atoms. The van der Waals surface area contributed by atoms with Gasteiger partial charge in [-0.25, -0.2) is 4.98 Å². The highest BCUT2D eigenvalue weighted by molar-refractivity contribution is 14.0. The van der Waals surface area contributed by atoms with Gasteiger partial charge in [0, 0.05) is 26.5 Å². The van der Waals surface area contributed by atoms with Crippen LogP contribution in [-0.4, -0.2) is 38.7 Å². The molecule has 6 nitrogen and oxygen atoms in total. The molecule has 1 aromatic heterocycles. The lowest BCUT2D eigenvalue weighted by molar-refractivity contribution is 0.271. The Morgan fingerprint density at radius 1 is 1.21 bits per heavy atom. The molecule has 1 atom stereocenters. The summed E-state index contributed by atoms with van der Waals surface area (Å²) in [5.41, 5.74) is 2.18. The van der Waals surface area contributed by atoms with Crippen LogP contribution in [0.2, 0.25) is 0 Å². The van der Waals surface area contributed by atoms with Gasteiger partial charge < -0.3 is 20.3 Å². The zero-order valence-electron chi connectivity index (χ0n) is 17.5. The summed E-state index contributed by atoms with van der Waals surface area (Å²) in [5, 5.41) is 9.81. The van der Waals surface area contributed by atoms with Crippen LogP contribution in [0.5, 0.6) is 5.75 Å². The van der Waals surface area contributed by atoms with Gasteiger partial charge in [0.05, 0.1) is 24.9 Å². The van der Waals surface area contributed by atoms with E-state index in [2.05, 4.69) is 58.9 Å². The van der Waals surface area contributed by atoms with Gasteiger partial charge >= 0.3 is 0 Å². The maximum atomic E-state index is 5.74. The molecule has 1 unspecified atom stereocenters. The molecule has 2 N–H and O–H groups in total. The fraction of sp³-hybridized carbons (Fsp3) is 0.500. The molecular formula is C20H32IN5OS. The van der Waals surface area contributed by atoms with Crippen LogP contribution in [0, 0.1) is 5.92 Å². The lowest BCUT2D eigenvalue weighted by atomic mass is 10.1. The number of guanidine groups is 1. The molecule has 0 amide bonds. The number of nitrogens with zero attached hydrogens (tertiary/aromatic N) is 3. The summed E-state index contributed by atoms with van der Waals surface area (Å²) in [7, 11) is 5.77. The van der Waals surface area contributed by atoms with Crippen LogP contribution < -0.4 is 20.3 Å². The molecule has 156 valence electrons. The smallest absolute Gasteiger partial charge is 0.191 e. The molecule has 0 aliphatic heterocycles. The second-order valence-corrected chi connectivity index (χ2v) is 7.92. The number of aliphatic imine (C=N–C) groups is 1. The van der Waals surface area contributed by atoms with Crippen molar-refractivity contribution >= 4 is 46.4 Å². The van der Waals surface area contributed by atoms with E-state index in [1.54, 1.807) is 18.4 Å². The summed E-state index contributed by atoms with van der Waals surface area (Å²) in [6.45, 7) is 7.77. The minimum atomic E-state index is 0. The fourth-order valence-corrected chi connectivity index (χ4v) is 3.11. The fourth-order valence-electron chi connectivity index (χ4n) is 2.36. The predicted molar refractivity (Wildman–Crippen MR) is 130 cm³/mol. The monoisotopic (exact) mass is 517 g/mol. The van der Waals surface area contributed by atoms with Gasteiger partial charge in [-0.2, -0.15) is 0 Å².